The van der Waals surface area contributed by atoms with Gasteiger partial charge in [-0.25, -0.2) is 8.42 Å². The minimum Gasteiger partial charge on any atom is -0.495 e. The van der Waals surface area contributed by atoms with Crippen LogP contribution in [0.3, 0.4) is 0 Å². The molecule has 1 aromatic carbocycles. The monoisotopic (exact) mass is 393 g/mol. The summed E-state index contributed by atoms with van der Waals surface area (Å²) in [6.45, 7) is 2.53. The highest BCUT2D eigenvalue weighted by atomic mass is 32.2. The molecule has 0 bridgehead atoms. The molecule has 1 aliphatic rings. The Labute approximate surface area is 159 Å². The van der Waals surface area contributed by atoms with Crippen molar-refractivity contribution < 1.29 is 22.6 Å². The van der Waals surface area contributed by atoms with Crippen LogP contribution in [0, 0.1) is 6.92 Å². The van der Waals surface area contributed by atoms with Gasteiger partial charge in [-0.1, -0.05) is 6.07 Å². The maximum atomic E-state index is 13.1. The number of benzene rings is 1. The lowest BCUT2D eigenvalue weighted by atomic mass is 10.1. The summed E-state index contributed by atoms with van der Waals surface area (Å²) in [7, 11) is -0.717. The lowest BCUT2D eigenvalue weighted by molar-refractivity contribution is 0.123. The fourth-order valence-corrected chi connectivity index (χ4v) is 4.74. The Morgan fingerprint density at radius 2 is 1.81 bits per heavy atom. The summed E-state index contributed by atoms with van der Waals surface area (Å²) in [4.78, 5) is 0.176. The van der Waals surface area contributed by atoms with Crippen LogP contribution in [0.2, 0.25) is 0 Å². The number of nitrogens with zero attached hydrogens (tertiary/aromatic N) is 3. The summed E-state index contributed by atoms with van der Waals surface area (Å²) in [6, 6.07) is 8.43. The molecule has 1 atom stereocenters. The molecule has 3 rings (SSSR count). The van der Waals surface area contributed by atoms with Crippen molar-refractivity contribution in [2.24, 2.45) is 0 Å². The van der Waals surface area contributed by atoms with Gasteiger partial charge in [0.15, 0.2) is 0 Å². The highest BCUT2D eigenvalue weighted by molar-refractivity contribution is 7.89. The van der Waals surface area contributed by atoms with Crippen LogP contribution in [-0.2, 0) is 10.0 Å². The van der Waals surface area contributed by atoms with E-state index in [1.807, 2.05) is 13.0 Å². The number of aromatic nitrogens is 2. The third kappa shape index (κ3) is 4.30. The molecule has 2 aromatic rings. The summed E-state index contributed by atoms with van der Waals surface area (Å²) >= 11 is 0. The van der Waals surface area contributed by atoms with E-state index >= 15 is 0 Å². The standard InChI is InChI=1S/C18H23N3O5S/c1-13-6-7-15(24-2)16(11-13)27(22,23)21-10-4-5-14(12-21)26-18-9-8-17(25-3)19-20-18/h6-9,11,14H,4-5,10,12H2,1-3H3. The summed E-state index contributed by atoms with van der Waals surface area (Å²) in [6.07, 6.45) is 1.14. The Balaban J connectivity index is 1.77. The summed E-state index contributed by atoms with van der Waals surface area (Å²) < 4.78 is 43.8. The predicted octanol–water partition coefficient (Wildman–Crippen LogP) is 2.03. The van der Waals surface area contributed by atoms with Crippen molar-refractivity contribution >= 4 is 10.0 Å². The van der Waals surface area contributed by atoms with Gasteiger partial charge < -0.3 is 14.2 Å². The first kappa shape index (κ1) is 19.4. The molecule has 0 saturated carbocycles. The number of piperidine rings is 1. The van der Waals surface area contributed by atoms with Gasteiger partial charge in [0, 0.05) is 18.7 Å². The maximum absolute atomic E-state index is 13.1. The molecule has 0 aliphatic carbocycles. The largest absolute Gasteiger partial charge is 0.495 e. The second-order valence-corrected chi connectivity index (χ2v) is 8.22. The van der Waals surface area contributed by atoms with Gasteiger partial charge in [-0.05, 0) is 37.5 Å². The van der Waals surface area contributed by atoms with E-state index in [1.54, 1.807) is 24.3 Å². The van der Waals surface area contributed by atoms with Gasteiger partial charge in [-0.15, -0.1) is 10.2 Å². The van der Waals surface area contributed by atoms with Gasteiger partial charge in [0.05, 0.1) is 20.8 Å². The van der Waals surface area contributed by atoms with Crippen LogP contribution in [0.25, 0.3) is 0 Å². The summed E-state index contributed by atoms with van der Waals surface area (Å²) in [5, 5.41) is 7.81. The van der Waals surface area contributed by atoms with Crippen molar-refractivity contribution in [2.45, 2.75) is 30.8 Å². The number of methoxy groups -OCH3 is 2. The molecule has 27 heavy (non-hydrogen) atoms. The highest BCUT2D eigenvalue weighted by Crippen LogP contribution is 2.30. The van der Waals surface area contributed by atoms with Gasteiger partial charge in [-0.3, -0.25) is 0 Å². The Hall–Kier alpha value is -2.39. The summed E-state index contributed by atoms with van der Waals surface area (Å²) in [5.41, 5.74) is 0.854. The number of aryl methyl sites for hydroxylation is 1. The van der Waals surface area contributed by atoms with Crippen molar-refractivity contribution in [3.8, 4) is 17.5 Å². The Kier molecular flexibility index (Phi) is 5.81. The Morgan fingerprint density at radius 3 is 2.48 bits per heavy atom. The van der Waals surface area contributed by atoms with E-state index in [0.29, 0.717) is 30.5 Å². The molecular weight excluding hydrogens is 370 g/mol. The topological polar surface area (TPSA) is 90.9 Å². The van der Waals surface area contributed by atoms with E-state index in [1.165, 1.54) is 18.5 Å². The molecule has 1 saturated heterocycles. The minimum atomic E-state index is -3.69. The molecule has 9 heteroatoms. The zero-order valence-electron chi connectivity index (χ0n) is 15.6. The molecule has 0 spiro atoms. The molecule has 0 N–H and O–H groups in total. The fourth-order valence-electron chi connectivity index (χ4n) is 2.99. The molecule has 146 valence electrons. The van der Waals surface area contributed by atoms with Crippen LogP contribution < -0.4 is 14.2 Å². The Morgan fingerprint density at radius 1 is 1.07 bits per heavy atom. The smallest absolute Gasteiger partial charge is 0.246 e. The molecule has 0 amide bonds. The van der Waals surface area contributed by atoms with Crippen LogP contribution in [0.15, 0.2) is 35.2 Å². The first-order chi connectivity index (χ1) is 12.9. The van der Waals surface area contributed by atoms with Crippen molar-refractivity contribution in [3.05, 3.63) is 35.9 Å². The van der Waals surface area contributed by atoms with E-state index in [4.69, 9.17) is 14.2 Å². The van der Waals surface area contributed by atoms with Crippen molar-refractivity contribution in [1.29, 1.82) is 0 Å². The molecule has 1 aromatic heterocycles. The molecule has 1 aliphatic heterocycles. The van der Waals surface area contributed by atoms with Crippen molar-refractivity contribution in [1.82, 2.24) is 14.5 Å². The minimum absolute atomic E-state index is 0.176. The average Bonchev–Trinajstić information content (AvgIpc) is 2.69. The number of sulfonamides is 1. The number of hydrogen-bond donors (Lipinski definition) is 0. The lowest BCUT2D eigenvalue weighted by Gasteiger charge is -2.32. The molecule has 2 heterocycles. The second kappa shape index (κ2) is 8.10. The maximum Gasteiger partial charge on any atom is 0.246 e. The fraction of sp³-hybridized carbons (Fsp3) is 0.444. The Bertz CT molecular complexity index is 886. The van der Waals surface area contributed by atoms with Gasteiger partial charge in [0.25, 0.3) is 0 Å². The first-order valence-corrected chi connectivity index (χ1v) is 10.1. The number of rotatable bonds is 6. The SMILES string of the molecule is COc1ccc(OC2CCCN(S(=O)(=O)c3cc(C)ccc3OC)C2)nn1. The number of ether oxygens (including phenoxy) is 3. The van der Waals surface area contributed by atoms with Crippen LogP contribution in [0.4, 0.5) is 0 Å². The normalized spacial score (nSPS) is 18.1. The zero-order chi connectivity index (χ0) is 19.4. The molecule has 1 fully saturated rings. The van der Waals surface area contributed by atoms with Crippen LogP contribution in [0.1, 0.15) is 18.4 Å². The highest BCUT2D eigenvalue weighted by Gasteiger charge is 2.33. The zero-order valence-corrected chi connectivity index (χ0v) is 16.4. The van der Waals surface area contributed by atoms with Gasteiger partial charge >= 0.3 is 0 Å². The molecule has 1 unspecified atom stereocenters. The van der Waals surface area contributed by atoms with Gasteiger partial charge in [-0.2, -0.15) is 4.31 Å². The van der Waals surface area contributed by atoms with E-state index in [-0.39, 0.29) is 17.5 Å². The van der Waals surface area contributed by atoms with Crippen LogP contribution in [0.5, 0.6) is 17.5 Å². The van der Waals surface area contributed by atoms with Crippen molar-refractivity contribution in [3.63, 3.8) is 0 Å². The van der Waals surface area contributed by atoms with E-state index in [2.05, 4.69) is 10.2 Å². The quantitative estimate of drug-likeness (QED) is 0.742. The van der Waals surface area contributed by atoms with Gasteiger partial charge in [0.2, 0.25) is 21.8 Å². The van der Waals surface area contributed by atoms with E-state index < -0.39 is 10.0 Å². The summed E-state index contributed by atoms with van der Waals surface area (Å²) in [5.74, 6) is 1.07. The number of hydrogen-bond acceptors (Lipinski definition) is 7. The molecule has 8 nitrogen and oxygen atoms in total. The first-order valence-electron chi connectivity index (χ1n) is 8.63. The van der Waals surface area contributed by atoms with Crippen LogP contribution >= 0.6 is 0 Å². The van der Waals surface area contributed by atoms with Crippen molar-refractivity contribution in [2.75, 3.05) is 27.3 Å². The van der Waals surface area contributed by atoms with Crippen LogP contribution in [-0.4, -0.2) is 56.3 Å². The average molecular weight is 393 g/mol. The van der Waals surface area contributed by atoms with E-state index in [0.717, 1.165) is 12.0 Å². The second-order valence-electron chi connectivity index (χ2n) is 6.31. The van der Waals surface area contributed by atoms with Gasteiger partial charge in [0.1, 0.15) is 16.7 Å². The third-order valence-electron chi connectivity index (χ3n) is 4.39. The molecule has 0 radical (unpaired) electrons. The predicted molar refractivity (Wildman–Crippen MR) is 98.7 cm³/mol. The third-order valence-corrected chi connectivity index (χ3v) is 6.28. The van der Waals surface area contributed by atoms with E-state index in [9.17, 15) is 8.42 Å². The molecular formula is C18H23N3O5S. The lowest BCUT2D eigenvalue weighted by Crippen LogP contribution is -2.44.